The van der Waals surface area contributed by atoms with Crippen LogP contribution in [0.15, 0.2) is 58.7 Å². The molecule has 0 fully saturated rings. The maximum absolute atomic E-state index is 12.5. The Bertz CT molecular complexity index is 940. The maximum Gasteiger partial charge on any atom is 0.244 e. The van der Waals surface area contributed by atoms with Crippen molar-refractivity contribution >= 4 is 5.91 Å². The van der Waals surface area contributed by atoms with Gasteiger partial charge < -0.3 is 20.6 Å². The third-order valence-corrected chi connectivity index (χ3v) is 8.82. The SMILES string of the molecule is CCCCCCCCCCCCCC[C@@H](O)[C@@H](O)[C@H](CO)NC(=O)/C=C(C)/C=C/C=C(C)/C=C/C1=C(C)CCCC1(C)C. The highest BCUT2D eigenvalue weighted by molar-refractivity contribution is 5.88. The summed E-state index contributed by atoms with van der Waals surface area (Å²) >= 11 is 0. The Balaban J connectivity index is 2.40. The predicted molar refractivity (Wildman–Crippen MR) is 183 cm³/mol. The van der Waals surface area contributed by atoms with Gasteiger partial charge in [0.05, 0.1) is 18.8 Å². The summed E-state index contributed by atoms with van der Waals surface area (Å²) in [6.45, 7) is 12.6. The summed E-state index contributed by atoms with van der Waals surface area (Å²) in [4.78, 5) is 12.5. The largest absolute Gasteiger partial charge is 0.394 e. The van der Waals surface area contributed by atoms with E-state index in [2.05, 4.69) is 52.1 Å². The molecule has 246 valence electrons. The third-order valence-electron chi connectivity index (χ3n) is 8.82. The first-order valence-corrected chi connectivity index (χ1v) is 17.2. The van der Waals surface area contributed by atoms with E-state index < -0.39 is 30.8 Å². The van der Waals surface area contributed by atoms with Crippen LogP contribution in [0.4, 0.5) is 0 Å². The van der Waals surface area contributed by atoms with Gasteiger partial charge in [-0.1, -0.05) is 139 Å². The second kappa shape index (κ2) is 22.5. The van der Waals surface area contributed by atoms with Gasteiger partial charge in [-0.15, -0.1) is 0 Å². The number of carbonyl (C=O) groups excluding carboxylic acids is 1. The molecule has 0 bridgehead atoms. The molecule has 1 aliphatic carbocycles. The minimum Gasteiger partial charge on any atom is -0.394 e. The Labute approximate surface area is 264 Å². The van der Waals surface area contributed by atoms with Crippen molar-refractivity contribution in [1.29, 1.82) is 0 Å². The number of hydrogen-bond donors (Lipinski definition) is 4. The van der Waals surface area contributed by atoms with Crippen LogP contribution in [0.1, 0.15) is 144 Å². The number of unbranched alkanes of at least 4 members (excludes halogenated alkanes) is 11. The Morgan fingerprint density at radius 1 is 0.907 bits per heavy atom. The van der Waals surface area contributed by atoms with Crippen molar-refractivity contribution in [1.82, 2.24) is 5.32 Å². The Morgan fingerprint density at radius 2 is 1.49 bits per heavy atom. The number of carbonyl (C=O) groups is 1. The number of aliphatic hydroxyl groups excluding tert-OH is 3. The summed E-state index contributed by atoms with van der Waals surface area (Å²) < 4.78 is 0. The van der Waals surface area contributed by atoms with Gasteiger partial charge in [0.2, 0.25) is 5.91 Å². The van der Waals surface area contributed by atoms with Gasteiger partial charge in [-0.3, -0.25) is 4.79 Å². The Morgan fingerprint density at radius 3 is 2.05 bits per heavy atom. The minimum absolute atomic E-state index is 0.212. The van der Waals surface area contributed by atoms with Crippen LogP contribution in [0, 0.1) is 5.41 Å². The maximum atomic E-state index is 12.5. The molecule has 5 heteroatoms. The highest BCUT2D eigenvalue weighted by atomic mass is 16.3. The van der Waals surface area contributed by atoms with Crippen LogP contribution in [0.3, 0.4) is 0 Å². The van der Waals surface area contributed by atoms with Crippen molar-refractivity contribution in [2.75, 3.05) is 6.61 Å². The van der Waals surface area contributed by atoms with E-state index in [1.807, 2.05) is 25.2 Å². The number of nitrogens with one attached hydrogen (secondary N) is 1. The predicted octanol–water partition coefficient (Wildman–Crippen LogP) is 8.81. The topological polar surface area (TPSA) is 89.8 Å². The molecular weight excluding hydrogens is 534 g/mol. The number of hydrogen-bond acceptors (Lipinski definition) is 4. The van der Waals surface area contributed by atoms with Crippen molar-refractivity contribution in [2.45, 2.75) is 163 Å². The van der Waals surface area contributed by atoms with Crippen LogP contribution in [0.2, 0.25) is 0 Å². The van der Waals surface area contributed by atoms with E-state index >= 15 is 0 Å². The zero-order valence-electron chi connectivity index (χ0n) is 28.5. The summed E-state index contributed by atoms with van der Waals surface area (Å²) in [6.07, 6.45) is 28.4. The fraction of sp³-hybridized carbons (Fsp3) is 0.711. The molecule has 0 saturated heterocycles. The fourth-order valence-corrected chi connectivity index (χ4v) is 5.98. The lowest BCUT2D eigenvalue weighted by Gasteiger charge is -2.32. The summed E-state index contributed by atoms with van der Waals surface area (Å²) in [7, 11) is 0. The van der Waals surface area contributed by atoms with E-state index in [0.717, 1.165) is 30.4 Å². The quantitative estimate of drug-likeness (QED) is 0.0569. The average molecular weight is 600 g/mol. The highest BCUT2D eigenvalue weighted by Gasteiger charge is 2.27. The molecule has 1 aliphatic rings. The van der Waals surface area contributed by atoms with Crippen molar-refractivity contribution in [3.8, 4) is 0 Å². The molecule has 4 N–H and O–H groups in total. The first-order chi connectivity index (χ1) is 20.5. The molecular formula is C38H65NO4. The van der Waals surface area contributed by atoms with Crippen LogP contribution in [-0.4, -0.2) is 46.1 Å². The van der Waals surface area contributed by atoms with Gasteiger partial charge in [-0.25, -0.2) is 0 Å². The summed E-state index contributed by atoms with van der Waals surface area (Å²) in [5, 5.41) is 33.4. The molecule has 0 aromatic heterocycles. The molecule has 5 nitrogen and oxygen atoms in total. The van der Waals surface area contributed by atoms with E-state index in [9.17, 15) is 20.1 Å². The number of allylic oxidation sites excluding steroid dienone is 9. The molecule has 0 aromatic carbocycles. The zero-order valence-corrected chi connectivity index (χ0v) is 28.5. The Hall–Kier alpha value is -1.95. The Kier molecular flexibility index (Phi) is 20.5. The summed E-state index contributed by atoms with van der Waals surface area (Å²) in [6, 6.07) is -0.915. The van der Waals surface area contributed by atoms with E-state index in [4.69, 9.17) is 0 Å². The van der Waals surface area contributed by atoms with E-state index in [-0.39, 0.29) is 5.41 Å². The summed E-state index contributed by atoms with van der Waals surface area (Å²) in [5.41, 5.74) is 5.00. The van der Waals surface area contributed by atoms with Crippen LogP contribution in [-0.2, 0) is 4.79 Å². The number of rotatable bonds is 22. The lowest BCUT2D eigenvalue weighted by molar-refractivity contribution is -0.119. The molecule has 0 aliphatic heterocycles. The first kappa shape index (κ1) is 39.1. The van der Waals surface area contributed by atoms with Gasteiger partial charge in [0, 0.05) is 6.08 Å². The summed E-state index contributed by atoms with van der Waals surface area (Å²) in [5.74, 6) is -0.402. The second-order valence-corrected chi connectivity index (χ2v) is 13.5. The minimum atomic E-state index is -1.21. The van der Waals surface area contributed by atoms with Crippen LogP contribution in [0.5, 0.6) is 0 Å². The van der Waals surface area contributed by atoms with Crippen LogP contribution in [0.25, 0.3) is 0 Å². The molecule has 43 heavy (non-hydrogen) atoms. The van der Waals surface area contributed by atoms with Gasteiger partial charge in [-0.2, -0.15) is 0 Å². The van der Waals surface area contributed by atoms with Crippen LogP contribution < -0.4 is 5.32 Å². The van der Waals surface area contributed by atoms with Gasteiger partial charge in [-0.05, 0) is 63.0 Å². The molecule has 0 saturated carbocycles. The van der Waals surface area contributed by atoms with Gasteiger partial charge in [0.1, 0.15) is 6.10 Å². The molecule has 1 amide bonds. The molecule has 0 aromatic rings. The standard InChI is InChI=1S/C38H65NO4/c1-7-8-9-10-11-12-13-14-15-16-17-18-24-35(41)37(43)34(29-40)39-36(42)28-31(3)22-19-21-30(2)25-26-33-32(4)23-20-27-38(33,5)6/h19,21-22,25-26,28,34-35,37,40-41,43H,7-18,20,23-24,27,29H2,1-6H3,(H,39,42)/b22-19+,26-25+,30-21+,31-28+/t34-,35+,37-/m0/s1. The molecule has 0 unspecified atom stereocenters. The van der Waals surface area contributed by atoms with E-state index in [1.165, 1.54) is 94.3 Å². The fourth-order valence-electron chi connectivity index (χ4n) is 5.98. The second-order valence-electron chi connectivity index (χ2n) is 13.5. The molecule has 3 atom stereocenters. The highest BCUT2D eigenvalue weighted by Crippen LogP contribution is 2.40. The molecule has 0 spiro atoms. The van der Waals surface area contributed by atoms with Crippen molar-refractivity contribution < 1.29 is 20.1 Å². The van der Waals surface area contributed by atoms with Gasteiger partial charge in [0.15, 0.2) is 0 Å². The molecule has 0 radical (unpaired) electrons. The number of aliphatic hydroxyl groups is 3. The van der Waals surface area contributed by atoms with E-state index in [0.29, 0.717) is 6.42 Å². The monoisotopic (exact) mass is 599 g/mol. The lowest BCUT2D eigenvalue weighted by Crippen LogP contribution is -2.50. The first-order valence-electron chi connectivity index (χ1n) is 17.2. The molecule has 0 heterocycles. The van der Waals surface area contributed by atoms with Crippen molar-refractivity contribution in [3.63, 3.8) is 0 Å². The van der Waals surface area contributed by atoms with Crippen LogP contribution >= 0.6 is 0 Å². The van der Waals surface area contributed by atoms with E-state index in [1.54, 1.807) is 0 Å². The lowest BCUT2D eigenvalue weighted by atomic mass is 9.72. The van der Waals surface area contributed by atoms with Gasteiger partial charge >= 0.3 is 0 Å². The number of amides is 1. The van der Waals surface area contributed by atoms with Gasteiger partial charge in [0.25, 0.3) is 0 Å². The zero-order chi connectivity index (χ0) is 32.1. The van der Waals surface area contributed by atoms with Crippen molar-refractivity contribution in [3.05, 3.63) is 58.7 Å². The smallest absolute Gasteiger partial charge is 0.244 e. The van der Waals surface area contributed by atoms with Crippen molar-refractivity contribution in [2.24, 2.45) is 5.41 Å². The normalized spacial score (nSPS) is 18.4. The average Bonchev–Trinajstić information content (AvgIpc) is 2.95. The third kappa shape index (κ3) is 17.2. The molecule has 1 rings (SSSR count).